The summed E-state index contributed by atoms with van der Waals surface area (Å²) in [6.07, 6.45) is 5.39. The van der Waals surface area contributed by atoms with Gasteiger partial charge in [0.25, 0.3) is 0 Å². The molecule has 1 aliphatic rings. The van der Waals surface area contributed by atoms with E-state index in [4.69, 9.17) is 4.99 Å². The molecule has 3 heterocycles. The molecular weight excluding hydrogens is 419 g/mol. The van der Waals surface area contributed by atoms with E-state index < -0.39 is 0 Å². The molecule has 7 nitrogen and oxygen atoms in total. The zero-order valence-electron chi connectivity index (χ0n) is 17.9. The summed E-state index contributed by atoms with van der Waals surface area (Å²) in [5, 5.41) is 10.8. The second kappa shape index (κ2) is 8.74. The normalized spacial score (nSPS) is 13.3. The summed E-state index contributed by atoms with van der Waals surface area (Å²) in [4.78, 5) is 21.7. The summed E-state index contributed by atoms with van der Waals surface area (Å²) in [6, 6.07) is 15.8. The lowest BCUT2D eigenvalue weighted by Crippen LogP contribution is -2.28. The summed E-state index contributed by atoms with van der Waals surface area (Å²) >= 11 is 0. The van der Waals surface area contributed by atoms with Gasteiger partial charge in [0.15, 0.2) is 0 Å². The Bertz CT molecular complexity index is 1310. The Labute approximate surface area is 190 Å². The highest BCUT2D eigenvalue weighted by molar-refractivity contribution is 6.15. The summed E-state index contributed by atoms with van der Waals surface area (Å²) < 4.78 is 14.8. The first kappa shape index (κ1) is 20.7. The molecule has 0 unspecified atom stereocenters. The van der Waals surface area contributed by atoms with Gasteiger partial charge in [0.05, 0.1) is 48.5 Å². The predicted molar refractivity (Wildman–Crippen MR) is 122 cm³/mol. The molecule has 1 N–H and O–H groups in total. The van der Waals surface area contributed by atoms with Crippen molar-refractivity contribution in [3.05, 3.63) is 107 Å². The Morgan fingerprint density at radius 3 is 2.67 bits per heavy atom. The fourth-order valence-electron chi connectivity index (χ4n) is 3.89. The molecule has 0 bridgehead atoms. The molecular formula is C25H21FN6O. The molecule has 0 aliphatic carbocycles. The first-order valence-electron chi connectivity index (χ1n) is 10.6. The van der Waals surface area contributed by atoms with Crippen LogP contribution in [0.5, 0.6) is 0 Å². The van der Waals surface area contributed by atoms with Crippen LogP contribution in [-0.2, 0) is 17.8 Å². The number of carbonyl (C=O) groups excluding carboxylic acids is 1. The molecule has 2 aromatic carbocycles. The van der Waals surface area contributed by atoms with Crippen molar-refractivity contribution in [1.29, 1.82) is 0 Å². The van der Waals surface area contributed by atoms with Crippen molar-refractivity contribution in [2.75, 3.05) is 0 Å². The minimum Gasteiger partial charge on any atom is -0.349 e. The van der Waals surface area contributed by atoms with Crippen LogP contribution in [0.4, 0.5) is 4.39 Å². The van der Waals surface area contributed by atoms with Gasteiger partial charge in [-0.3, -0.25) is 14.8 Å². The van der Waals surface area contributed by atoms with Gasteiger partial charge in [-0.05, 0) is 48.4 Å². The number of halogens is 1. The first-order chi connectivity index (χ1) is 16.1. The van der Waals surface area contributed by atoms with E-state index in [1.54, 1.807) is 35.4 Å². The fraction of sp³-hybridized carbons (Fsp3) is 0.160. The van der Waals surface area contributed by atoms with E-state index in [0.29, 0.717) is 12.2 Å². The summed E-state index contributed by atoms with van der Waals surface area (Å²) in [6.45, 7) is 2.42. The molecule has 0 spiro atoms. The zero-order chi connectivity index (χ0) is 22.8. The van der Waals surface area contributed by atoms with Gasteiger partial charge in [-0.15, -0.1) is 5.10 Å². The van der Waals surface area contributed by atoms with E-state index in [2.05, 4.69) is 20.6 Å². The van der Waals surface area contributed by atoms with Crippen molar-refractivity contribution >= 4 is 11.6 Å². The van der Waals surface area contributed by atoms with Crippen molar-refractivity contribution in [2.45, 2.75) is 25.9 Å². The number of rotatable bonds is 6. The van der Waals surface area contributed by atoms with Gasteiger partial charge in [-0.25, -0.2) is 9.07 Å². The van der Waals surface area contributed by atoms with Crippen LogP contribution in [0, 0.1) is 5.82 Å². The van der Waals surface area contributed by atoms with Gasteiger partial charge in [-0.1, -0.05) is 29.5 Å². The number of aliphatic imine (C=N–C) groups is 1. The first-order valence-corrected chi connectivity index (χ1v) is 10.6. The summed E-state index contributed by atoms with van der Waals surface area (Å²) in [5.41, 5.74) is 6.38. The molecule has 0 saturated carbocycles. The number of carbonyl (C=O) groups is 1. The van der Waals surface area contributed by atoms with Crippen molar-refractivity contribution in [3.8, 4) is 5.69 Å². The predicted octanol–water partition coefficient (Wildman–Crippen LogP) is 3.57. The van der Waals surface area contributed by atoms with E-state index in [1.165, 1.54) is 12.1 Å². The Morgan fingerprint density at radius 1 is 1.15 bits per heavy atom. The van der Waals surface area contributed by atoms with Gasteiger partial charge >= 0.3 is 0 Å². The number of hydrogen-bond donors (Lipinski definition) is 1. The molecule has 1 amide bonds. The molecule has 8 heteroatoms. The van der Waals surface area contributed by atoms with E-state index in [0.717, 1.165) is 33.7 Å². The Kier molecular flexibility index (Phi) is 5.48. The number of fused-ring (bicyclic) bond motifs is 1. The summed E-state index contributed by atoms with van der Waals surface area (Å²) in [7, 11) is 0. The highest BCUT2D eigenvalue weighted by atomic mass is 19.1. The number of benzene rings is 2. The smallest absolute Gasteiger partial charge is 0.226 e. The number of pyridine rings is 1. The second-order valence-electron chi connectivity index (χ2n) is 7.91. The minimum absolute atomic E-state index is 0.137. The second-order valence-corrected chi connectivity index (χ2v) is 7.91. The van der Waals surface area contributed by atoms with Crippen LogP contribution in [0.3, 0.4) is 0 Å². The third-order valence-corrected chi connectivity index (χ3v) is 5.63. The third kappa shape index (κ3) is 4.41. The van der Waals surface area contributed by atoms with Gasteiger partial charge in [0, 0.05) is 17.3 Å². The maximum absolute atomic E-state index is 13.1. The molecule has 2 aromatic heterocycles. The van der Waals surface area contributed by atoms with Crippen molar-refractivity contribution in [3.63, 3.8) is 0 Å². The van der Waals surface area contributed by atoms with Crippen LogP contribution in [0.25, 0.3) is 5.69 Å². The average Bonchev–Trinajstić information content (AvgIpc) is 3.50. The maximum Gasteiger partial charge on any atom is 0.226 e. The Morgan fingerprint density at radius 2 is 1.94 bits per heavy atom. The quantitative estimate of drug-likeness (QED) is 0.497. The lowest BCUT2D eigenvalue weighted by molar-refractivity contribution is -0.121. The standard InChI is InChI=1S/C25H21FN6O/c1-16(17-2-6-20(26)7-3-17)30-24(33)13-21-12-19-14-28-25(23(19)15-27-21)18-4-8-22(9-5-18)32-11-10-29-31-32/h2-12,15-16H,13-14H2,1H3,(H,30,33)/t16-/m1/s1. The average molecular weight is 440 g/mol. The number of aromatic nitrogens is 4. The topological polar surface area (TPSA) is 85.1 Å². The van der Waals surface area contributed by atoms with Crippen molar-refractivity contribution in [1.82, 2.24) is 25.3 Å². The molecule has 0 fully saturated rings. The minimum atomic E-state index is -0.299. The van der Waals surface area contributed by atoms with Gasteiger partial charge in [-0.2, -0.15) is 0 Å². The lowest BCUT2D eigenvalue weighted by Gasteiger charge is -2.14. The lowest BCUT2D eigenvalue weighted by atomic mass is 10.0. The monoisotopic (exact) mass is 440 g/mol. The highest BCUT2D eigenvalue weighted by Crippen LogP contribution is 2.24. The molecule has 4 aromatic rings. The van der Waals surface area contributed by atoms with Crippen LogP contribution >= 0.6 is 0 Å². The molecule has 0 saturated heterocycles. The Balaban J connectivity index is 1.25. The summed E-state index contributed by atoms with van der Waals surface area (Å²) in [5.74, 6) is -0.436. The number of amides is 1. The molecule has 164 valence electrons. The number of nitrogens with zero attached hydrogens (tertiary/aromatic N) is 5. The van der Waals surface area contributed by atoms with Gasteiger partial charge < -0.3 is 5.32 Å². The maximum atomic E-state index is 13.1. The van der Waals surface area contributed by atoms with Gasteiger partial charge in [0.2, 0.25) is 5.91 Å². The molecule has 1 aliphatic heterocycles. The van der Waals surface area contributed by atoms with Crippen LogP contribution < -0.4 is 5.32 Å². The van der Waals surface area contributed by atoms with E-state index in [-0.39, 0.29) is 24.2 Å². The van der Waals surface area contributed by atoms with Crippen molar-refractivity contribution < 1.29 is 9.18 Å². The van der Waals surface area contributed by atoms with E-state index in [1.807, 2.05) is 37.3 Å². The van der Waals surface area contributed by atoms with Crippen LogP contribution in [-0.4, -0.2) is 31.6 Å². The molecule has 33 heavy (non-hydrogen) atoms. The largest absolute Gasteiger partial charge is 0.349 e. The molecule has 5 rings (SSSR count). The molecule has 0 radical (unpaired) electrons. The van der Waals surface area contributed by atoms with E-state index >= 15 is 0 Å². The number of nitrogens with one attached hydrogen (secondary N) is 1. The highest BCUT2D eigenvalue weighted by Gasteiger charge is 2.20. The Hall–Kier alpha value is -4.20. The zero-order valence-corrected chi connectivity index (χ0v) is 17.9. The van der Waals surface area contributed by atoms with Crippen LogP contribution in [0.1, 0.15) is 40.9 Å². The molecule has 1 atom stereocenters. The number of hydrogen-bond acceptors (Lipinski definition) is 5. The fourth-order valence-corrected chi connectivity index (χ4v) is 3.89. The van der Waals surface area contributed by atoms with Crippen LogP contribution in [0.2, 0.25) is 0 Å². The SMILES string of the molecule is C[C@@H](NC(=O)Cc1cc2c(cn1)C(c1ccc(-n3ccnn3)cc1)=NC2)c1ccc(F)cc1. The van der Waals surface area contributed by atoms with Crippen LogP contribution in [0.15, 0.2) is 78.2 Å². The van der Waals surface area contributed by atoms with Crippen molar-refractivity contribution in [2.24, 2.45) is 4.99 Å². The van der Waals surface area contributed by atoms with E-state index in [9.17, 15) is 9.18 Å². The van der Waals surface area contributed by atoms with Gasteiger partial charge in [0.1, 0.15) is 5.82 Å². The third-order valence-electron chi connectivity index (χ3n) is 5.63.